The summed E-state index contributed by atoms with van der Waals surface area (Å²) in [5, 5.41) is 5.60. The highest BCUT2D eigenvalue weighted by Gasteiger charge is 2.29. The molecule has 0 radical (unpaired) electrons. The minimum Gasteiger partial charge on any atom is -0.353 e. The van der Waals surface area contributed by atoms with Gasteiger partial charge in [0.2, 0.25) is 11.8 Å². The predicted octanol–water partition coefficient (Wildman–Crippen LogP) is 1.70. The molecule has 6 heteroatoms. The summed E-state index contributed by atoms with van der Waals surface area (Å²) in [6.07, 6.45) is 2.20. The molecule has 2 N–H and O–H groups in total. The van der Waals surface area contributed by atoms with Crippen LogP contribution < -0.4 is 10.6 Å². The third-order valence-electron chi connectivity index (χ3n) is 4.16. The van der Waals surface area contributed by atoms with Crippen molar-refractivity contribution in [2.45, 2.75) is 35.4 Å². The fourth-order valence-corrected chi connectivity index (χ4v) is 3.95. The third-order valence-corrected chi connectivity index (χ3v) is 5.44. The molecule has 0 aliphatic carbocycles. The molecular formula is C16H21N3O2S. The molecule has 2 aliphatic heterocycles. The average molecular weight is 319 g/mol. The zero-order chi connectivity index (χ0) is 15.5. The molecule has 0 saturated carbocycles. The van der Waals surface area contributed by atoms with E-state index in [1.165, 1.54) is 11.8 Å². The van der Waals surface area contributed by atoms with E-state index < -0.39 is 0 Å². The van der Waals surface area contributed by atoms with Crippen LogP contribution in [0, 0.1) is 0 Å². The second-order valence-corrected chi connectivity index (χ2v) is 7.19. The van der Waals surface area contributed by atoms with Crippen molar-refractivity contribution in [1.82, 2.24) is 10.2 Å². The smallest absolute Gasteiger partial charge is 0.238 e. The maximum Gasteiger partial charge on any atom is 0.238 e. The first-order valence-corrected chi connectivity index (χ1v) is 8.54. The van der Waals surface area contributed by atoms with Crippen molar-refractivity contribution >= 4 is 29.3 Å². The summed E-state index contributed by atoms with van der Waals surface area (Å²) in [5.41, 5.74) is 0.837. The van der Waals surface area contributed by atoms with Crippen LogP contribution in [0.25, 0.3) is 0 Å². The Hall–Kier alpha value is -1.53. The molecule has 2 amide bonds. The van der Waals surface area contributed by atoms with Gasteiger partial charge in [-0.1, -0.05) is 12.1 Å². The Kier molecular flexibility index (Phi) is 4.69. The molecule has 1 fully saturated rings. The predicted molar refractivity (Wildman–Crippen MR) is 88.0 cm³/mol. The van der Waals surface area contributed by atoms with Crippen LogP contribution >= 0.6 is 11.8 Å². The number of likely N-dealkylation sites (tertiary alicyclic amines) is 1. The molecule has 1 saturated heterocycles. The van der Waals surface area contributed by atoms with Crippen LogP contribution in [0.15, 0.2) is 29.2 Å². The zero-order valence-electron chi connectivity index (χ0n) is 12.7. The number of hydrogen-bond acceptors (Lipinski definition) is 4. The SMILES string of the molecule is CN1CCC(NC(=O)CC2Sc3ccccc3NC2=O)CC1. The summed E-state index contributed by atoms with van der Waals surface area (Å²) in [6, 6.07) is 7.94. The van der Waals surface area contributed by atoms with Crippen LogP contribution in [0.2, 0.25) is 0 Å². The summed E-state index contributed by atoms with van der Waals surface area (Å²) in [7, 11) is 2.10. The highest BCUT2D eigenvalue weighted by atomic mass is 32.2. The van der Waals surface area contributed by atoms with E-state index >= 15 is 0 Å². The first-order chi connectivity index (χ1) is 10.6. The fourth-order valence-electron chi connectivity index (χ4n) is 2.83. The summed E-state index contributed by atoms with van der Waals surface area (Å²) >= 11 is 1.47. The lowest BCUT2D eigenvalue weighted by Crippen LogP contribution is -2.44. The minimum absolute atomic E-state index is 0.0263. The summed E-state index contributed by atoms with van der Waals surface area (Å²) < 4.78 is 0. The molecule has 1 aromatic rings. The Morgan fingerprint density at radius 2 is 2.09 bits per heavy atom. The second kappa shape index (κ2) is 6.71. The Bertz CT molecular complexity index is 570. The number of thioether (sulfide) groups is 1. The van der Waals surface area contributed by atoms with E-state index in [2.05, 4.69) is 22.6 Å². The van der Waals surface area contributed by atoms with Gasteiger partial charge in [0.25, 0.3) is 0 Å². The van der Waals surface area contributed by atoms with Crippen LogP contribution in [0.5, 0.6) is 0 Å². The maximum absolute atomic E-state index is 12.2. The first kappa shape index (κ1) is 15.4. The van der Waals surface area contributed by atoms with E-state index in [-0.39, 0.29) is 29.5 Å². The normalized spacial score (nSPS) is 22.8. The number of rotatable bonds is 3. The van der Waals surface area contributed by atoms with Crippen LogP contribution in [-0.4, -0.2) is 48.1 Å². The van der Waals surface area contributed by atoms with Crippen LogP contribution in [0.1, 0.15) is 19.3 Å². The van der Waals surface area contributed by atoms with E-state index in [1.807, 2.05) is 24.3 Å². The van der Waals surface area contributed by atoms with E-state index in [0.29, 0.717) is 0 Å². The Morgan fingerprint density at radius 3 is 2.86 bits per heavy atom. The fraction of sp³-hybridized carbons (Fsp3) is 0.500. The lowest BCUT2D eigenvalue weighted by atomic mass is 10.1. The molecule has 3 rings (SSSR count). The van der Waals surface area contributed by atoms with Gasteiger partial charge in [-0.3, -0.25) is 9.59 Å². The number of carbonyl (C=O) groups is 2. The van der Waals surface area contributed by atoms with Gasteiger partial charge in [0.1, 0.15) is 0 Å². The summed E-state index contributed by atoms with van der Waals surface area (Å²) in [5.74, 6) is -0.108. The van der Waals surface area contributed by atoms with Gasteiger partial charge in [0.15, 0.2) is 0 Å². The van der Waals surface area contributed by atoms with E-state index in [4.69, 9.17) is 0 Å². The molecule has 22 heavy (non-hydrogen) atoms. The number of piperidine rings is 1. The van der Waals surface area contributed by atoms with E-state index in [9.17, 15) is 9.59 Å². The molecule has 0 spiro atoms. The molecule has 2 aliphatic rings. The number of nitrogens with zero attached hydrogens (tertiary/aromatic N) is 1. The third kappa shape index (κ3) is 3.62. The minimum atomic E-state index is -0.346. The number of amides is 2. The lowest BCUT2D eigenvalue weighted by molar-refractivity contribution is -0.124. The number of fused-ring (bicyclic) bond motifs is 1. The molecule has 2 heterocycles. The van der Waals surface area contributed by atoms with E-state index in [1.54, 1.807) is 0 Å². The van der Waals surface area contributed by atoms with Crippen LogP contribution in [-0.2, 0) is 9.59 Å². The van der Waals surface area contributed by atoms with Crippen molar-refractivity contribution in [2.75, 3.05) is 25.5 Å². The molecule has 1 aromatic carbocycles. The Balaban J connectivity index is 1.54. The number of nitrogens with one attached hydrogen (secondary N) is 2. The molecule has 1 atom stereocenters. The molecule has 5 nitrogen and oxygen atoms in total. The number of carbonyl (C=O) groups excluding carboxylic acids is 2. The first-order valence-electron chi connectivity index (χ1n) is 7.66. The molecule has 0 bridgehead atoms. The van der Waals surface area contributed by atoms with Crippen molar-refractivity contribution in [1.29, 1.82) is 0 Å². The van der Waals surface area contributed by atoms with Gasteiger partial charge in [-0.05, 0) is 45.1 Å². The lowest BCUT2D eigenvalue weighted by Gasteiger charge is -2.30. The second-order valence-electron chi connectivity index (χ2n) is 5.94. The van der Waals surface area contributed by atoms with Crippen molar-refractivity contribution in [3.8, 4) is 0 Å². The van der Waals surface area contributed by atoms with Crippen LogP contribution in [0.3, 0.4) is 0 Å². The highest BCUT2D eigenvalue weighted by molar-refractivity contribution is 8.01. The van der Waals surface area contributed by atoms with Gasteiger partial charge in [-0.25, -0.2) is 0 Å². The van der Waals surface area contributed by atoms with Gasteiger partial charge in [0.05, 0.1) is 10.9 Å². The molecule has 118 valence electrons. The molecule has 0 aromatic heterocycles. The maximum atomic E-state index is 12.2. The van der Waals surface area contributed by atoms with Crippen molar-refractivity contribution in [3.63, 3.8) is 0 Å². The highest BCUT2D eigenvalue weighted by Crippen LogP contribution is 2.36. The van der Waals surface area contributed by atoms with Gasteiger partial charge in [0, 0.05) is 17.4 Å². The zero-order valence-corrected chi connectivity index (χ0v) is 13.5. The van der Waals surface area contributed by atoms with Gasteiger partial charge < -0.3 is 15.5 Å². The summed E-state index contributed by atoms with van der Waals surface area (Å²) in [6.45, 7) is 2.02. The van der Waals surface area contributed by atoms with Gasteiger partial charge in [-0.2, -0.15) is 0 Å². The van der Waals surface area contributed by atoms with E-state index in [0.717, 1.165) is 36.5 Å². The van der Waals surface area contributed by atoms with Crippen LogP contribution in [0.4, 0.5) is 5.69 Å². The Morgan fingerprint density at radius 1 is 1.36 bits per heavy atom. The summed E-state index contributed by atoms with van der Waals surface area (Å²) in [4.78, 5) is 27.6. The van der Waals surface area contributed by atoms with Gasteiger partial charge >= 0.3 is 0 Å². The van der Waals surface area contributed by atoms with Crippen molar-refractivity contribution in [2.24, 2.45) is 0 Å². The largest absolute Gasteiger partial charge is 0.353 e. The number of para-hydroxylation sites is 1. The number of benzene rings is 1. The Labute approximate surface area is 134 Å². The monoisotopic (exact) mass is 319 g/mol. The standard InChI is InChI=1S/C16H21N3O2S/c1-19-8-6-11(7-9-19)17-15(20)10-14-16(21)18-12-4-2-3-5-13(12)22-14/h2-5,11,14H,6-10H2,1H3,(H,17,20)(H,18,21). The number of anilines is 1. The number of hydrogen-bond donors (Lipinski definition) is 2. The van der Waals surface area contributed by atoms with Crippen molar-refractivity contribution in [3.05, 3.63) is 24.3 Å². The topological polar surface area (TPSA) is 61.4 Å². The molecular weight excluding hydrogens is 298 g/mol. The van der Waals surface area contributed by atoms with Gasteiger partial charge in [-0.15, -0.1) is 11.8 Å². The quantitative estimate of drug-likeness (QED) is 0.890. The van der Waals surface area contributed by atoms with Crippen molar-refractivity contribution < 1.29 is 9.59 Å². The molecule has 1 unspecified atom stereocenters. The average Bonchev–Trinajstić information content (AvgIpc) is 2.50.